The third-order valence-corrected chi connectivity index (χ3v) is 4.22. The van der Waals surface area contributed by atoms with Crippen LogP contribution < -0.4 is 0 Å². The van der Waals surface area contributed by atoms with Crippen molar-refractivity contribution in [3.63, 3.8) is 0 Å². The van der Waals surface area contributed by atoms with Gasteiger partial charge < -0.3 is 14.2 Å². The van der Waals surface area contributed by atoms with E-state index in [2.05, 4.69) is 13.8 Å². The van der Waals surface area contributed by atoms with Crippen LogP contribution in [0, 0.1) is 5.92 Å². The fraction of sp³-hybridized carbons (Fsp3) is 1.00. The van der Waals surface area contributed by atoms with Crippen LogP contribution in [0.3, 0.4) is 0 Å². The summed E-state index contributed by atoms with van der Waals surface area (Å²) in [5.74, 6) is 2.14. The lowest BCUT2D eigenvalue weighted by atomic mass is 10.1. The minimum Gasteiger partial charge on any atom is -0.363 e. The summed E-state index contributed by atoms with van der Waals surface area (Å²) in [5.41, 5.74) is 0. The zero-order valence-corrected chi connectivity index (χ0v) is 13.1. The highest BCUT2D eigenvalue weighted by Gasteiger charge is 2.41. The third kappa shape index (κ3) is 5.05. The number of hydrogen-bond acceptors (Lipinski definition) is 5. The van der Waals surface area contributed by atoms with Gasteiger partial charge in [-0.05, 0) is 26.8 Å². The molecule has 0 aliphatic carbocycles. The smallest absolute Gasteiger partial charge is 0.169 e. The first kappa shape index (κ1) is 16.2. The van der Waals surface area contributed by atoms with Crippen molar-refractivity contribution in [3.8, 4) is 0 Å². The number of rotatable bonds is 8. The number of hydrogen-bond donors (Lipinski definition) is 0. The third-order valence-electron chi connectivity index (χ3n) is 3.08. The van der Waals surface area contributed by atoms with Crippen molar-refractivity contribution in [3.05, 3.63) is 0 Å². The van der Waals surface area contributed by atoms with E-state index in [4.69, 9.17) is 14.2 Å². The molecular weight excluding hydrogens is 250 g/mol. The molecule has 3 atom stereocenters. The Labute approximate surface area is 115 Å². The Morgan fingerprint density at radius 3 is 2.83 bits per heavy atom. The zero-order chi connectivity index (χ0) is 13.6. The summed E-state index contributed by atoms with van der Waals surface area (Å²) >= 11 is 1.93. The Hall–Kier alpha value is 0.190. The Morgan fingerprint density at radius 1 is 1.50 bits per heavy atom. The van der Waals surface area contributed by atoms with Gasteiger partial charge in [0, 0.05) is 11.7 Å². The van der Waals surface area contributed by atoms with E-state index in [0.29, 0.717) is 25.9 Å². The minimum atomic E-state index is -0.450. The maximum absolute atomic E-state index is 6.01. The average Bonchev–Trinajstić information content (AvgIpc) is 2.69. The van der Waals surface area contributed by atoms with Crippen LogP contribution in [0.25, 0.3) is 0 Å². The predicted octanol–water partition coefficient (Wildman–Crippen LogP) is 2.04. The lowest BCUT2D eigenvalue weighted by Gasteiger charge is -2.30. The quantitative estimate of drug-likeness (QED) is 0.634. The molecule has 5 heteroatoms. The summed E-state index contributed by atoms with van der Waals surface area (Å²) in [7, 11) is 3.97. The maximum atomic E-state index is 6.01. The lowest BCUT2D eigenvalue weighted by molar-refractivity contribution is -0.187. The molecule has 1 rings (SSSR count). The summed E-state index contributed by atoms with van der Waals surface area (Å²) in [6, 6.07) is 0. The minimum absolute atomic E-state index is 0.0593. The Kier molecular flexibility index (Phi) is 6.95. The molecule has 4 nitrogen and oxygen atoms in total. The molecule has 0 aromatic rings. The van der Waals surface area contributed by atoms with Crippen molar-refractivity contribution in [1.82, 2.24) is 4.90 Å². The molecule has 0 N–H and O–H groups in total. The molecule has 0 bridgehead atoms. The molecule has 3 unspecified atom stereocenters. The molecule has 1 aliphatic rings. The standard InChI is InChI=1S/C13H27NO3S/c1-6-18-9-11(2)13(3)16-8-12(17-13)7-15-10-14(4)5/h11-12H,6-10H2,1-5H3. The summed E-state index contributed by atoms with van der Waals surface area (Å²) < 4.78 is 17.4. The van der Waals surface area contributed by atoms with Gasteiger partial charge in [0.15, 0.2) is 5.79 Å². The summed E-state index contributed by atoms with van der Waals surface area (Å²) in [5, 5.41) is 0. The average molecular weight is 277 g/mol. The number of ether oxygens (including phenoxy) is 3. The number of nitrogens with zero attached hydrogens (tertiary/aromatic N) is 1. The van der Waals surface area contributed by atoms with Gasteiger partial charge in [-0.1, -0.05) is 13.8 Å². The molecule has 108 valence electrons. The van der Waals surface area contributed by atoms with Crippen molar-refractivity contribution in [2.45, 2.75) is 32.7 Å². The van der Waals surface area contributed by atoms with Gasteiger partial charge in [0.2, 0.25) is 0 Å². The highest BCUT2D eigenvalue weighted by Crippen LogP contribution is 2.32. The molecule has 0 radical (unpaired) electrons. The molecule has 18 heavy (non-hydrogen) atoms. The first-order chi connectivity index (χ1) is 8.48. The largest absolute Gasteiger partial charge is 0.363 e. The topological polar surface area (TPSA) is 30.9 Å². The maximum Gasteiger partial charge on any atom is 0.169 e. The fourth-order valence-corrected chi connectivity index (χ4v) is 2.70. The van der Waals surface area contributed by atoms with Crippen molar-refractivity contribution >= 4 is 11.8 Å². The van der Waals surface area contributed by atoms with Gasteiger partial charge in [0.25, 0.3) is 0 Å². The second kappa shape index (κ2) is 7.70. The second-order valence-corrected chi connectivity index (χ2v) is 6.53. The van der Waals surface area contributed by atoms with Crippen molar-refractivity contribution < 1.29 is 14.2 Å². The van der Waals surface area contributed by atoms with Crippen LogP contribution in [0.2, 0.25) is 0 Å². The van der Waals surface area contributed by atoms with Gasteiger partial charge in [0.1, 0.15) is 6.10 Å². The van der Waals surface area contributed by atoms with Gasteiger partial charge in [0.05, 0.1) is 19.9 Å². The van der Waals surface area contributed by atoms with Gasteiger partial charge in [-0.15, -0.1) is 0 Å². The second-order valence-electron chi connectivity index (χ2n) is 5.21. The predicted molar refractivity (Wildman–Crippen MR) is 75.9 cm³/mol. The van der Waals surface area contributed by atoms with Crippen molar-refractivity contribution in [1.29, 1.82) is 0 Å². The molecule has 1 fully saturated rings. The Bertz CT molecular complexity index is 240. The van der Waals surface area contributed by atoms with E-state index in [9.17, 15) is 0 Å². The van der Waals surface area contributed by atoms with Crippen LogP contribution in [0.5, 0.6) is 0 Å². The van der Waals surface area contributed by atoms with E-state index in [0.717, 1.165) is 11.5 Å². The Morgan fingerprint density at radius 2 is 2.22 bits per heavy atom. The molecule has 0 aromatic carbocycles. The van der Waals surface area contributed by atoms with Crippen molar-refractivity contribution in [2.75, 3.05) is 45.5 Å². The van der Waals surface area contributed by atoms with Crippen molar-refractivity contribution in [2.24, 2.45) is 5.92 Å². The van der Waals surface area contributed by atoms with E-state index >= 15 is 0 Å². The van der Waals surface area contributed by atoms with Gasteiger partial charge in [-0.3, -0.25) is 4.90 Å². The van der Waals surface area contributed by atoms with Gasteiger partial charge in [-0.25, -0.2) is 0 Å². The number of thioether (sulfide) groups is 1. The van der Waals surface area contributed by atoms with Crippen LogP contribution in [0.1, 0.15) is 20.8 Å². The van der Waals surface area contributed by atoms with E-state index in [1.165, 1.54) is 0 Å². The van der Waals surface area contributed by atoms with Crippen LogP contribution in [0.15, 0.2) is 0 Å². The molecule has 0 saturated carbocycles. The lowest BCUT2D eigenvalue weighted by Crippen LogP contribution is -2.37. The molecule has 1 heterocycles. The summed E-state index contributed by atoms with van der Waals surface area (Å²) in [4.78, 5) is 2.00. The Balaban J connectivity index is 2.29. The van der Waals surface area contributed by atoms with Gasteiger partial charge in [-0.2, -0.15) is 11.8 Å². The monoisotopic (exact) mass is 277 g/mol. The van der Waals surface area contributed by atoms with E-state index in [1.54, 1.807) is 0 Å². The SMILES string of the molecule is CCSCC(C)C1(C)OCC(COCN(C)C)O1. The first-order valence-electron chi connectivity index (χ1n) is 6.60. The van der Waals surface area contributed by atoms with Crippen LogP contribution in [0.4, 0.5) is 0 Å². The fourth-order valence-electron chi connectivity index (χ4n) is 1.81. The van der Waals surface area contributed by atoms with Crippen LogP contribution in [-0.4, -0.2) is 62.3 Å². The molecule has 0 spiro atoms. The van der Waals surface area contributed by atoms with E-state index in [-0.39, 0.29) is 6.10 Å². The van der Waals surface area contributed by atoms with E-state index in [1.807, 2.05) is 37.7 Å². The summed E-state index contributed by atoms with van der Waals surface area (Å²) in [6.45, 7) is 8.25. The highest BCUT2D eigenvalue weighted by molar-refractivity contribution is 7.99. The highest BCUT2D eigenvalue weighted by atomic mass is 32.2. The first-order valence-corrected chi connectivity index (χ1v) is 7.75. The van der Waals surface area contributed by atoms with E-state index < -0.39 is 5.79 Å². The van der Waals surface area contributed by atoms with Crippen LogP contribution >= 0.6 is 11.8 Å². The zero-order valence-electron chi connectivity index (χ0n) is 12.3. The molecule has 0 aromatic heterocycles. The van der Waals surface area contributed by atoms with Crippen LogP contribution in [-0.2, 0) is 14.2 Å². The molecule has 1 aliphatic heterocycles. The summed E-state index contributed by atoms with van der Waals surface area (Å²) in [6.07, 6.45) is 0.0593. The molecular formula is C13H27NO3S. The molecule has 0 amide bonds. The normalized spacial score (nSPS) is 30.0. The van der Waals surface area contributed by atoms with Gasteiger partial charge >= 0.3 is 0 Å². The molecule has 1 saturated heterocycles.